The highest BCUT2D eigenvalue weighted by atomic mass is 16.5. The van der Waals surface area contributed by atoms with Gasteiger partial charge in [-0.05, 0) is 57.7 Å². The third-order valence-corrected chi connectivity index (χ3v) is 6.82. The van der Waals surface area contributed by atoms with Crippen molar-refractivity contribution in [3.63, 3.8) is 0 Å². The summed E-state index contributed by atoms with van der Waals surface area (Å²) in [7, 11) is 1.36. The number of methoxy groups -OCH3 is 1. The van der Waals surface area contributed by atoms with Gasteiger partial charge in [0, 0.05) is 30.2 Å². The Hall–Kier alpha value is -3.66. The molecule has 3 aliphatic rings. The van der Waals surface area contributed by atoms with Crippen LogP contribution in [-0.4, -0.2) is 18.9 Å². The van der Waals surface area contributed by atoms with Crippen LogP contribution < -0.4 is 15.8 Å². The lowest BCUT2D eigenvalue weighted by Gasteiger charge is -2.30. The summed E-state index contributed by atoms with van der Waals surface area (Å²) in [6.07, 6.45) is 16.3. The van der Waals surface area contributed by atoms with Crippen LogP contribution in [0.1, 0.15) is 36.3 Å². The Kier molecular flexibility index (Phi) is 5.82. The number of esters is 1. The number of carbonyl (C=O) groups excluding carboxylic acids is 2. The molecule has 166 valence electrons. The van der Waals surface area contributed by atoms with Crippen molar-refractivity contribution in [3.8, 4) is 11.1 Å². The van der Waals surface area contributed by atoms with E-state index >= 15 is 0 Å². The number of Topliss-reactive ketones (excluding diaryl/α,β-unsaturated/α-hetero) is 1. The Balaban J connectivity index is 1.62. The predicted molar refractivity (Wildman–Crippen MR) is 130 cm³/mol. The summed E-state index contributed by atoms with van der Waals surface area (Å²) in [4.78, 5) is 24.8. The molecule has 0 amide bonds. The molecule has 0 bridgehead atoms. The summed E-state index contributed by atoms with van der Waals surface area (Å²) in [6.45, 7) is 0. The first-order valence-electron chi connectivity index (χ1n) is 11.5. The van der Waals surface area contributed by atoms with Gasteiger partial charge in [0.1, 0.15) is 5.78 Å². The van der Waals surface area contributed by atoms with E-state index in [1.54, 1.807) is 0 Å². The second-order valence-electron chi connectivity index (χ2n) is 8.71. The number of allylic oxidation sites excluding steroid dienone is 5. The van der Waals surface area contributed by atoms with Crippen LogP contribution in [0, 0.1) is 5.92 Å². The fourth-order valence-electron chi connectivity index (χ4n) is 5.14. The minimum absolute atomic E-state index is 0.0698. The lowest BCUT2D eigenvalue weighted by molar-refractivity contribution is -0.142. The lowest BCUT2D eigenvalue weighted by Crippen LogP contribution is -2.40. The molecule has 2 atom stereocenters. The van der Waals surface area contributed by atoms with Crippen LogP contribution in [0.3, 0.4) is 0 Å². The zero-order valence-corrected chi connectivity index (χ0v) is 18.7. The number of ether oxygens (including phenoxy) is 1. The third-order valence-electron chi connectivity index (χ3n) is 6.82. The number of benzene rings is 2. The van der Waals surface area contributed by atoms with Crippen LogP contribution in [-0.2, 0) is 20.7 Å². The Labute approximate surface area is 193 Å². The van der Waals surface area contributed by atoms with Gasteiger partial charge in [0.15, 0.2) is 0 Å². The van der Waals surface area contributed by atoms with Crippen molar-refractivity contribution in [3.05, 3.63) is 94.2 Å². The van der Waals surface area contributed by atoms with E-state index in [2.05, 4.69) is 59.9 Å². The van der Waals surface area contributed by atoms with Crippen molar-refractivity contribution in [2.24, 2.45) is 5.92 Å². The number of fused-ring (bicyclic) bond motifs is 5. The smallest absolute Gasteiger partial charge is 0.305 e. The highest BCUT2D eigenvalue weighted by Crippen LogP contribution is 2.34. The first kappa shape index (κ1) is 21.2. The number of nitrogens with one attached hydrogen (secondary N) is 1. The molecule has 0 saturated carbocycles. The molecular weight excluding hydrogens is 410 g/mol. The molecule has 5 rings (SSSR count). The molecule has 2 unspecified atom stereocenters. The van der Waals surface area contributed by atoms with Gasteiger partial charge in [0.25, 0.3) is 0 Å². The van der Waals surface area contributed by atoms with E-state index in [-0.39, 0.29) is 36.4 Å². The molecule has 33 heavy (non-hydrogen) atoms. The number of hydrogen-bond donors (Lipinski definition) is 1. The lowest BCUT2D eigenvalue weighted by atomic mass is 9.76. The summed E-state index contributed by atoms with van der Waals surface area (Å²) in [5.41, 5.74) is 6.13. The molecule has 0 aromatic heterocycles. The molecule has 2 aromatic carbocycles. The molecule has 0 spiro atoms. The quantitative estimate of drug-likeness (QED) is 0.726. The van der Waals surface area contributed by atoms with E-state index in [0.717, 1.165) is 17.3 Å². The van der Waals surface area contributed by atoms with E-state index in [9.17, 15) is 9.59 Å². The minimum Gasteiger partial charge on any atom is -0.469 e. The van der Waals surface area contributed by atoms with E-state index in [4.69, 9.17) is 4.74 Å². The monoisotopic (exact) mass is 437 g/mol. The van der Waals surface area contributed by atoms with Crippen LogP contribution in [0.5, 0.6) is 0 Å². The predicted octanol–water partition coefficient (Wildman–Crippen LogP) is 3.65. The fraction of sp³-hybridized carbons (Fsp3) is 0.241. The first-order chi connectivity index (χ1) is 16.2. The van der Waals surface area contributed by atoms with E-state index < -0.39 is 0 Å². The number of ketones is 1. The van der Waals surface area contributed by atoms with Crippen LogP contribution in [0.15, 0.2) is 72.6 Å². The van der Waals surface area contributed by atoms with Gasteiger partial charge in [-0.15, -0.1) is 0 Å². The molecule has 0 fully saturated rings. The second kappa shape index (κ2) is 9.07. The summed E-state index contributed by atoms with van der Waals surface area (Å²) < 4.78 is 4.74. The number of carbonyl (C=O) groups is 2. The fourth-order valence-corrected chi connectivity index (χ4v) is 5.14. The highest BCUT2D eigenvalue weighted by Gasteiger charge is 2.30. The molecule has 4 nitrogen and oxygen atoms in total. The number of hydrogen-bond acceptors (Lipinski definition) is 4. The van der Waals surface area contributed by atoms with Gasteiger partial charge >= 0.3 is 5.97 Å². The molecule has 0 radical (unpaired) electrons. The molecule has 4 heteroatoms. The summed E-state index contributed by atoms with van der Waals surface area (Å²) in [6, 6.07) is 13.0. The highest BCUT2D eigenvalue weighted by molar-refractivity contribution is 5.89. The first-order valence-corrected chi connectivity index (χ1v) is 11.5. The normalized spacial score (nSPS) is 20.0. The van der Waals surface area contributed by atoms with Gasteiger partial charge in [-0.1, -0.05) is 60.7 Å². The maximum absolute atomic E-state index is 13.2. The van der Waals surface area contributed by atoms with Crippen LogP contribution in [0.2, 0.25) is 0 Å². The topological polar surface area (TPSA) is 55.4 Å². The van der Waals surface area contributed by atoms with Gasteiger partial charge in [-0.3, -0.25) is 9.59 Å². The largest absolute Gasteiger partial charge is 0.469 e. The maximum Gasteiger partial charge on any atom is 0.305 e. The van der Waals surface area contributed by atoms with Crippen molar-refractivity contribution >= 4 is 23.9 Å². The Morgan fingerprint density at radius 2 is 1.88 bits per heavy atom. The molecule has 2 aliphatic carbocycles. The summed E-state index contributed by atoms with van der Waals surface area (Å²) in [5.74, 6) is -0.435. The molecule has 1 aliphatic heterocycles. The zero-order valence-electron chi connectivity index (χ0n) is 18.7. The minimum atomic E-state index is -0.346. The summed E-state index contributed by atoms with van der Waals surface area (Å²) in [5, 5.41) is 5.77. The SMILES string of the molecule is COC(=O)CCC(=O)C1C=c2c(ccc3c2=CCc2ccccc2-3)C(C2=CC=CC=CN2)C1. The van der Waals surface area contributed by atoms with Crippen LogP contribution in [0.4, 0.5) is 0 Å². The third kappa shape index (κ3) is 4.09. The van der Waals surface area contributed by atoms with E-state index in [1.807, 2.05) is 24.4 Å². The summed E-state index contributed by atoms with van der Waals surface area (Å²) >= 11 is 0. The Bertz CT molecular complexity index is 1330. The second-order valence-corrected chi connectivity index (χ2v) is 8.71. The van der Waals surface area contributed by atoms with E-state index in [1.165, 1.54) is 34.6 Å². The van der Waals surface area contributed by atoms with Gasteiger partial charge in [0.2, 0.25) is 0 Å². The standard InChI is InChI=1S/C29H27NO3/c1-33-29(32)15-14-28(31)20-17-25-23-11-10-19-7-4-5-8-21(19)22(23)12-13-24(25)26(18-20)27-9-3-2-6-16-30-27/h2-9,11-13,16-17,20,26,30H,10,14-15,18H2,1H3. The van der Waals surface area contributed by atoms with Gasteiger partial charge in [-0.2, -0.15) is 0 Å². The molecule has 0 saturated heterocycles. The Morgan fingerprint density at radius 3 is 2.76 bits per heavy atom. The molecule has 1 heterocycles. The Morgan fingerprint density at radius 1 is 1.00 bits per heavy atom. The van der Waals surface area contributed by atoms with Crippen LogP contribution in [0.25, 0.3) is 23.3 Å². The van der Waals surface area contributed by atoms with Gasteiger partial charge in [-0.25, -0.2) is 0 Å². The van der Waals surface area contributed by atoms with Crippen molar-refractivity contribution < 1.29 is 14.3 Å². The average molecular weight is 438 g/mol. The van der Waals surface area contributed by atoms with Crippen molar-refractivity contribution in [2.45, 2.75) is 31.6 Å². The van der Waals surface area contributed by atoms with Crippen molar-refractivity contribution in [1.29, 1.82) is 0 Å². The van der Waals surface area contributed by atoms with Crippen molar-refractivity contribution in [2.75, 3.05) is 7.11 Å². The molecule has 1 N–H and O–H groups in total. The van der Waals surface area contributed by atoms with Crippen molar-refractivity contribution in [1.82, 2.24) is 5.32 Å². The average Bonchev–Trinajstić information content (AvgIpc) is 3.15. The molecular formula is C29H27NO3. The maximum atomic E-state index is 13.2. The van der Waals surface area contributed by atoms with Crippen LogP contribution >= 0.6 is 0 Å². The molecule has 2 aromatic rings. The zero-order chi connectivity index (χ0) is 22.8. The van der Waals surface area contributed by atoms with Gasteiger partial charge < -0.3 is 10.1 Å². The van der Waals surface area contributed by atoms with E-state index in [0.29, 0.717) is 6.42 Å². The van der Waals surface area contributed by atoms with Gasteiger partial charge in [0.05, 0.1) is 13.5 Å². The number of rotatable bonds is 5.